The standard InChI is InChI=1S/C17H14ClN3O3/c18-12-1-7-15(8-2-12)24-11-17(23)21-14-5-3-13(4-6-14)20-16(22)9-10-19/h1-8H,9,11H2,(H,20,22)(H,21,23). The Hall–Kier alpha value is -3.04. The summed E-state index contributed by atoms with van der Waals surface area (Å²) in [7, 11) is 0. The van der Waals surface area contributed by atoms with Gasteiger partial charge < -0.3 is 15.4 Å². The van der Waals surface area contributed by atoms with Crippen LogP contribution in [0.15, 0.2) is 48.5 Å². The van der Waals surface area contributed by atoms with Crippen LogP contribution >= 0.6 is 11.6 Å². The second-order valence-electron chi connectivity index (χ2n) is 4.75. The zero-order valence-electron chi connectivity index (χ0n) is 12.6. The number of anilines is 2. The molecule has 6 nitrogen and oxygen atoms in total. The lowest BCUT2D eigenvalue weighted by molar-refractivity contribution is -0.118. The monoisotopic (exact) mass is 343 g/mol. The highest BCUT2D eigenvalue weighted by Crippen LogP contribution is 2.16. The lowest BCUT2D eigenvalue weighted by atomic mass is 10.2. The molecule has 2 N–H and O–H groups in total. The summed E-state index contributed by atoms with van der Waals surface area (Å²) >= 11 is 5.77. The Kier molecular flexibility index (Phi) is 6.17. The molecule has 0 radical (unpaired) electrons. The van der Waals surface area contributed by atoms with E-state index < -0.39 is 0 Å². The molecule has 122 valence electrons. The molecular formula is C17H14ClN3O3. The summed E-state index contributed by atoms with van der Waals surface area (Å²) in [6.45, 7) is -0.137. The molecule has 2 rings (SSSR count). The maximum absolute atomic E-state index is 11.8. The van der Waals surface area contributed by atoms with E-state index in [2.05, 4.69) is 10.6 Å². The fraction of sp³-hybridized carbons (Fsp3) is 0.118. The summed E-state index contributed by atoms with van der Waals surface area (Å²) in [6.07, 6.45) is -0.208. The zero-order valence-corrected chi connectivity index (χ0v) is 13.3. The number of ether oxygens (including phenoxy) is 1. The highest BCUT2D eigenvalue weighted by atomic mass is 35.5. The van der Waals surface area contributed by atoms with E-state index in [0.717, 1.165) is 0 Å². The normalized spacial score (nSPS) is 9.67. The SMILES string of the molecule is N#CCC(=O)Nc1ccc(NC(=O)COc2ccc(Cl)cc2)cc1. The van der Waals surface area contributed by atoms with Crippen LogP contribution in [-0.2, 0) is 9.59 Å². The second kappa shape index (κ2) is 8.56. The molecular weight excluding hydrogens is 330 g/mol. The van der Waals surface area contributed by atoms with Gasteiger partial charge in [0.25, 0.3) is 5.91 Å². The first-order chi connectivity index (χ1) is 11.6. The van der Waals surface area contributed by atoms with Gasteiger partial charge >= 0.3 is 0 Å². The van der Waals surface area contributed by atoms with Crippen LogP contribution in [0.25, 0.3) is 0 Å². The van der Waals surface area contributed by atoms with Crippen LogP contribution in [0, 0.1) is 11.3 Å². The molecule has 0 aromatic heterocycles. The van der Waals surface area contributed by atoms with Crippen molar-refractivity contribution in [3.8, 4) is 11.8 Å². The minimum Gasteiger partial charge on any atom is -0.484 e. The van der Waals surface area contributed by atoms with Gasteiger partial charge in [0.2, 0.25) is 5.91 Å². The van der Waals surface area contributed by atoms with Gasteiger partial charge in [-0.2, -0.15) is 5.26 Å². The third-order valence-corrected chi connectivity index (χ3v) is 3.13. The molecule has 0 atom stereocenters. The van der Waals surface area contributed by atoms with Gasteiger partial charge in [0, 0.05) is 16.4 Å². The number of hydrogen-bond acceptors (Lipinski definition) is 4. The lowest BCUT2D eigenvalue weighted by Gasteiger charge is -2.08. The van der Waals surface area contributed by atoms with Crippen molar-refractivity contribution in [3.05, 3.63) is 53.6 Å². The second-order valence-corrected chi connectivity index (χ2v) is 5.19. The maximum atomic E-state index is 11.8. The van der Waals surface area contributed by atoms with Crippen molar-refractivity contribution in [1.82, 2.24) is 0 Å². The predicted molar refractivity (Wildman–Crippen MR) is 90.9 cm³/mol. The number of amides is 2. The summed E-state index contributed by atoms with van der Waals surface area (Å²) in [4.78, 5) is 23.1. The molecule has 0 bridgehead atoms. The summed E-state index contributed by atoms with van der Waals surface area (Å²) in [5.74, 6) is -0.151. The number of hydrogen-bond donors (Lipinski definition) is 2. The summed E-state index contributed by atoms with van der Waals surface area (Å²) < 4.78 is 5.34. The molecule has 0 saturated heterocycles. The molecule has 2 aromatic carbocycles. The van der Waals surface area contributed by atoms with Gasteiger partial charge in [0.05, 0.1) is 6.07 Å². The van der Waals surface area contributed by atoms with Gasteiger partial charge in [-0.3, -0.25) is 9.59 Å². The molecule has 0 aliphatic heterocycles. The first-order valence-corrected chi connectivity index (χ1v) is 7.39. The van der Waals surface area contributed by atoms with Crippen LogP contribution < -0.4 is 15.4 Å². The van der Waals surface area contributed by atoms with Crippen LogP contribution in [0.3, 0.4) is 0 Å². The van der Waals surface area contributed by atoms with Gasteiger partial charge in [0.1, 0.15) is 12.2 Å². The van der Waals surface area contributed by atoms with Crippen LogP contribution in [0.1, 0.15) is 6.42 Å². The summed E-state index contributed by atoms with van der Waals surface area (Å²) in [5.41, 5.74) is 1.11. The Morgan fingerprint density at radius 2 is 1.50 bits per heavy atom. The number of benzene rings is 2. The molecule has 2 aromatic rings. The number of rotatable bonds is 6. The maximum Gasteiger partial charge on any atom is 0.262 e. The molecule has 0 aliphatic rings. The molecule has 2 amide bonds. The lowest BCUT2D eigenvalue weighted by Crippen LogP contribution is -2.20. The predicted octanol–water partition coefficient (Wildman–Crippen LogP) is 3.21. The van der Waals surface area contributed by atoms with Crippen LogP contribution in [0.4, 0.5) is 11.4 Å². The molecule has 0 saturated carbocycles. The molecule has 0 heterocycles. The Balaban J connectivity index is 1.82. The number of nitrogens with zero attached hydrogens (tertiary/aromatic N) is 1. The van der Waals surface area contributed by atoms with Crippen LogP contribution in [0.5, 0.6) is 5.75 Å². The van der Waals surface area contributed by atoms with E-state index in [0.29, 0.717) is 22.1 Å². The molecule has 0 fully saturated rings. The zero-order chi connectivity index (χ0) is 17.4. The third kappa shape index (κ3) is 5.63. The molecule has 0 aliphatic carbocycles. The summed E-state index contributed by atoms with van der Waals surface area (Å²) in [6, 6.07) is 15.0. The van der Waals surface area contributed by atoms with Crippen molar-refractivity contribution in [1.29, 1.82) is 5.26 Å². The highest BCUT2D eigenvalue weighted by Gasteiger charge is 2.05. The van der Waals surface area contributed by atoms with Gasteiger partial charge in [-0.1, -0.05) is 11.6 Å². The minimum atomic E-state index is -0.384. The molecule has 0 unspecified atom stereocenters. The number of carbonyl (C=O) groups excluding carboxylic acids is 2. The van der Waals surface area contributed by atoms with Crippen molar-refractivity contribution >= 4 is 34.8 Å². The van der Waals surface area contributed by atoms with Crippen LogP contribution in [0.2, 0.25) is 5.02 Å². The number of carbonyl (C=O) groups is 2. The van der Waals surface area contributed by atoms with Crippen molar-refractivity contribution in [2.75, 3.05) is 17.2 Å². The fourth-order valence-electron chi connectivity index (χ4n) is 1.79. The van der Waals surface area contributed by atoms with Gasteiger partial charge in [-0.25, -0.2) is 0 Å². The highest BCUT2D eigenvalue weighted by molar-refractivity contribution is 6.30. The number of nitriles is 1. The average molecular weight is 344 g/mol. The van der Waals surface area contributed by atoms with Gasteiger partial charge in [-0.15, -0.1) is 0 Å². The minimum absolute atomic E-state index is 0.137. The fourth-order valence-corrected chi connectivity index (χ4v) is 1.92. The van der Waals surface area contributed by atoms with E-state index in [-0.39, 0.29) is 24.8 Å². The van der Waals surface area contributed by atoms with Crippen molar-refractivity contribution < 1.29 is 14.3 Å². The van der Waals surface area contributed by atoms with E-state index in [1.807, 2.05) is 0 Å². The Morgan fingerprint density at radius 1 is 0.958 bits per heavy atom. The van der Waals surface area contributed by atoms with E-state index >= 15 is 0 Å². The van der Waals surface area contributed by atoms with E-state index in [4.69, 9.17) is 21.6 Å². The number of nitrogens with one attached hydrogen (secondary N) is 2. The average Bonchev–Trinajstić information content (AvgIpc) is 2.56. The van der Waals surface area contributed by atoms with Crippen molar-refractivity contribution in [3.63, 3.8) is 0 Å². The Morgan fingerprint density at radius 3 is 2.04 bits per heavy atom. The van der Waals surface area contributed by atoms with Gasteiger partial charge in [-0.05, 0) is 48.5 Å². The Bertz CT molecular complexity index is 752. The molecule has 24 heavy (non-hydrogen) atoms. The van der Waals surface area contributed by atoms with Crippen LogP contribution in [-0.4, -0.2) is 18.4 Å². The third-order valence-electron chi connectivity index (χ3n) is 2.88. The molecule has 0 spiro atoms. The largest absolute Gasteiger partial charge is 0.484 e. The van der Waals surface area contributed by atoms with Crippen molar-refractivity contribution in [2.45, 2.75) is 6.42 Å². The smallest absolute Gasteiger partial charge is 0.262 e. The topological polar surface area (TPSA) is 91.2 Å². The molecule has 7 heteroatoms. The first kappa shape index (κ1) is 17.3. The van der Waals surface area contributed by atoms with E-state index in [1.54, 1.807) is 54.6 Å². The van der Waals surface area contributed by atoms with E-state index in [1.165, 1.54) is 0 Å². The quantitative estimate of drug-likeness (QED) is 0.842. The first-order valence-electron chi connectivity index (χ1n) is 7.02. The van der Waals surface area contributed by atoms with Crippen molar-refractivity contribution in [2.24, 2.45) is 0 Å². The summed E-state index contributed by atoms with van der Waals surface area (Å²) in [5, 5.41) is 14.3. The van der Waals surface area contributed by atoms with E-state index in [9.17, 15) is 9.59 Å². The Labute approximate surface area is 144 Å². The van der Waals surface area contributed by atoms with Gasteiger partial charge in [0.15, 0.2) is 6.61 Å². The number of halogens is 1.